The summed E-state index contributed by atoms with van der Waals surface area (Å²) in [5, 5.41) is 8.92. The van der Waals surface area contributed by atoms with E-state index in [0.29, 0.717) is 16.9 Å². The Morgan fingerprint density at radius 1 is 1.30 bits per heavy atom. The van der Waals surface area contributed by atoms with Gasteiger partial charge in [0.1, 0.15) is 5.76 Å². The van der Waals surface area contributed by atoms with Crippen molar-refractivity contribution in [3.8, 4) is 6.07 Å². The minimum atomic E-state index is -3.56. The summed E-state index contributed by atoms with van der Waals surface area (Å²) in [6, 6.07) is 12.0. The van der Waals surface area contributed by atoms with E-state index in [-0.39, 0.29) is 25.4 Å². The van der Waals surface area contributed by atoms with Crippen molar-refractivity contribution in [1.29, 1.82) is 5.26 Å². The number of hydrogen-bond acceptors (Lipinski definition) is 5. The van der Waals surface area contributed by atoms with E-state index >= 15 is 0 Å². The number of rotatable bonds is 8. The van der Waals surface area contributed by atoms with Crippen LogP contribution in [0.5, 0.6) is 0 Å². The lowest BCUT2D eigenvalue weighted by Gasteiger charge is -2.21. The van der Waals surface area contributed by atoms with Crippen LogP contribution in [0, 0.1) is 11.3 Å². The minimum Gasteiger partial charge on any atom is -0.468 e. The van der Waals surface area contributed by atoms with Crippen LogP contribution in [-0.4, -0.2) is 33.0 Å². The SMILES string of the molecule is COCCN(Cc1ccco1)S(=O)(=O)Cc1cccc(C#N)c1. The molecule has 0 radical (unpaired) electrons. The van der Waals surface area contributed by atoms with E-state index in [1.165, 1.54) is 17.7 Å². The van der Waals surface area contributed by atoms with Gasteiger partial charge < -0.3 is 9.15 Å². The Kier molecular flexibility index (Phi) is 5.93. The molecule has 0 spiro atoms. The van der Waals surface area contributed by atoms with Gasteiger partial charge in [0.05, 0.1) is 36.8 Å². The molecule has 0 fully saturated rings. The zero-order valence-corrected chi connectivity index (χ0v) is 13.6. The summed E-state index contributed by atoms with van der Waals surface area (Å²) in [6.45, 7) is 0.673. The number of methoxy groups -OCH3 is 1. The van der Waals surface area contributed by atoms with Gasteiger partial charge in [-0.2, -0.15) is 9.57 Å². The van der Waals surface area contributed by atoms with Crippen molar-refractivity contribution in [1.82, 2.24) is 4.31 Å². The molecule has 0 aliphatic rings. The maximum Gasteiger partial charge on any atom is 0.218 e. The molecule has 0 bridgehead atoms. The molecule has 0 unspecified atom stereocenters. The summed E-state index contributed by atoms with van der Waals surface area (Å²) < 4.78 is 36.9. The van der Waals surface area contributed by atoms with Gasteiger partial charge in [0.15, 0.2) is 0 Å². The van der Waals surface area contributed by atoms with Crippen LogP contribution in [0.3, 0.4) is 0 Å². The first-order valence-electron chi connectivity index (χ1n) is 7.03. The van der Waals surface area contributed by atoms with Gasteiger partial charge in [0.25, 0.3) is 0 Å². The van der Waals surface area contributed by atoms with Crippen LogP contribution < -0.4 is 0 Å². The summed E-state index contributed by atoms with van der Waals surface area (Å²) in [7, 11) is -2.04. The Hall–Kier alpha value is -2.14. The zero-order chi connectivity index (χ0) is 16.7. The average molecular weight is 334 g/mol. The van der Waals surface area contributed by atoms with E-state index in [4.69, 9.17) is 14.4 Å². The fourth-order valence-corrected chi connectivity index (χ4v) is 3.58. The van der Waals surface area contributed by atoms with Gasteiger partial charge in [-0.15, -0.1) is 0 Å². The third kappa shape index (κ3) is 4.93. The largest absolute Gasteiger partial charge is 0.468 e. The Balaban J connectivity index is 2.18. The van der Waals surface area contributed by atoms with Crippen molar-refractivity contribution in [3.05, 3.63) is 59.5 Å². The van der Waals surface area contributed by atoms with E-state index in [9.17, 15) is 8.42 Å². The molecule has 0 amide bonds. The molecule has 0 saturated heterocycles. The van der Waals surface area contributed by atoms with Crippen molar-refractivity contribution in [3.63, 3.8) is 0 Å². The van der Waals surface area contributed by atoms with Crippen LogP contribution >= 0.6 is 0 Å². The van der Waals surface area contributed by atoms with Gasteiger partial charge in [-0.1, -0.05) is 12.1 Å². The zero-order valence-electron chi connectivity index (χ0n) is 12.8. The molecule has 23 heavy (non-hydrogen) atoms. The topological polar surface area (TPSA) is 83.5 Å². The Labute approximate surface area is 135 Å². The van der Waals surface area contributed by atoms with Gasteiger partial charge in [-0.05, 0) is 29.8 Å². The lowest BCUT2D eigenvalue weighted by Crippen LogP contribution is -2.34. The van der Waals surface area contributed by atoms with Crippen molar-refractivity contribution in [2.75, 3.05) is 20.3 Å². The molecule has 0 atom stereocenters. The van der Waals surface area contributed by atoms with Crippen LogP contribution in [-0.2, 0) is 27.1 Å². The molecule has 122 valence electrons. The maximum absolute atomic E-state index is 12.7. The summed E-state index contributed by atoms with van der Waals surface area (Å²) in [4.78, 5) is 0. The molecule has 1 heterocycles. The lowest BCUT2D eigenvalue weighted by atomic mass is 10.2. The number of nitrogens with zero attached hydrogens (tertiary/aromatic N) is 2. The van der Waals surface area contributed by atoms with Gasteiger partial charge in [-0.25, -0.2) is 8.42 Å². The molecule has 0 aliphatic heterocycles. The highest BCUT2D eigenvalue weighted by molar-refractivity contribution is 7.88. The first-order valence-corrected chi connectivity index (χ1v) is 8.64. The number of ether oxygens (including phenoxy) is 1. The number of hydrogen-bond donors (Lipinski definition) is 0. The molecule has 2 rings (SSSR count). The first-order chi connectivity index (χ1) is 11.0. The summed E-state index contributed by atoms with van der Waals surface area (Å²) in [6.07, 6.45) is 1.51. The summed E-state index contributed by atoms with van der Waals surface area (Å²) in [5.74, 6) is 0.392. The van der Waals surface area contributed by atoms with Gasteiger partial charge in [-0.3, -0.25) is 0 Å². The van der Waals surface area contributed by atoms with E-state index in [0.717, 1.165) is 0 Å². The van der Waals surface area contributed by atoms with E-state index in [2.05, 4.69) is 0 Å². The molecule has 2 aromatic rings. The molecular formula is C16H18N2O4S. The van der Waals surface area contributed by atoms with Gasteiger partial charge >= 0.3 is 0 Å². The Bertz CT molecular complexity index is 764. The predicted octanol–water partition coefficient (Wildman–Crippen LogP) is 2.13. The smallest absolute Gasteiger partial charge is 0.218 e. The number of sulfonamides is 1. The fraction of sp³-hybridized carbons (Fsp3) is 0.312. The molecule has 0 saturated carbocycles. The number of nitriles is 1. The van der Waals surface area contributed by atoms with Crippen molar-refractivity contribution in [2.24, 2.45) is 0 Å². The third-order valence-electron chi connectivity index (χ3n) is 3.26. The van der Waals surface area contributed by atoms with E-state index < -0.39 is 10.0 Å². The monoisotopic (exact) mass is 334 g/mol. The molecular weight excluding hydrogens is 316 g/mol. The molecule has 0 aliphatic carbocycles. The second kappa shape index (κ2) is 7.92. The highest BCUT2D eigenvalue weighted by Crippen LogP contribution is 2.16. The molecule has 1 aromatic heterocycles. The number of benzene rings is 1. The van der Waals surface area contributed by atoms with Crippen molar-refractivity contribution < 1.29 is 17.6 Å². The van der Waals surface area contributed by atoms with E-state index in [1.807, 2.05) is 6.07 Å². The molecule has 6 nitrogen and oxygen atoms in total. The molecule has 1 aromatic carbocycles. The quantitative estimate of drug-likeness (QED) is 0.738. The van der Waals surface area contributed by atoms with E-state index in [1.54, 1.807) is 36.4 Å². The fourth-order valence-electron chi connectivity index (χ4n) is 2.12. The van der Waals surface area contributed by atoms with Crippen LogP contribution in [0.4, 0.5) is 0 Å². The average Bonchev–Trinajstić information content (AvgIpc) is 3.04. The highest BCUT2D eigenvalue weighted by atomic mass is 32.2. The van der Waals surface area contributed by atoms with Crippen LogP contribution in [0.2, 0.25) is 0 Å². The van der Waals surface area contributed by atoms with Crippen molar-refractivity contribution in [2.45, 2.75) is 12.3 Å². The second-order valence-corrected chi connectivity index (χ2v) is 6.94. The van der Waals surface area contributed by atoms with Crippen molar-refractivity contribution >= 4 is 10.0 Å². The third-order valence-corrected chi connectivity index (χ3v) is 5.05. The van der Waals surface area contributed by atoms with Crippen LogP contribution in [0.25, 0.3) is 0 Å². The first kappa shape index (κ1) is 17.2. The summed E-state index contributed by atoms with van der Waals surface area (Å²) in [5.41, 5.74) is 1.01. The minimum absolute atomic E-state index is 0.149. The standard InChI is InChI=1S/C16H18N2O4S/c1-21-9-7-18(12-16-6-3-8-22-16)23(19,20)13-15-5-2-4-14(10-15)11-17/h2-6,8,10H,7,9,12-13H2,1H3. The van der Waals surface area contributed by atoms with Crippen LogP contribution in [0.15, 0.2) is 47.1 Å². The summed E-state index contributed by atoms with van der Waals surface area (Å²) >= 11 is 0. The lowest BCUT2D eigenvalue weighted by molar-refractivity contribution is 0.175. The Morgan fingerprint density at radius 3 is 2.78 bits per heavy atom. The Morgan fingerprint density at radius 2 is 2.13 bits per heavy atom. The second-order valence-electron chi connectivity index (χ2n) is 4.97. The maximum atomic E-state index is 12.7. The predicted molar refractivity (Wildman–Crippen MR) is 84.8 cm³/mol. The normalized spacial score (nSPS) is 11.5. The molecule has 7 heteroatoms. The highest BCUT2D eigenvalue weighted by Gasteiger charge is 2.23. The number of furan rings is 1. The van der Waals surface area contributed by atoms with Gasteiger partial charge in [0, 0.05) is 13.7 Å². The van der Waals surface area contributed by atoms with Crippen LogP contribution in [0.1, 0.15) is 16.9 Å². The molecule has 0 N–H and O–H groups in total. The van der Waals surface area contributed by atoms with Gasteiger partial charge in [0.2, 0.25) is 10.0 Å².